The van der Waals surface area contributed by atoms with Gasteiger partial charge in [-0.15, -0.1) is 0 Å². The van der Waals surface area contributed by atoms with Crippen LogP contribution in [0.1, 0.15) is 29.3 Å². The zero-order chi connectivity index (χ0) is 17.4. The van der Waals surface area contributed by atoms with Crippen LogP contribution in [0.2, 0.25) is 0 Å². The van der Waals surface area contributed by atoms with E-state index >= 15 is 0 Å². The van der Waals surface area contributed by atoms with Crippen molar-refractivity contribution in [2.24, 2.45) is 0 Å². The summed E-state index contributed by atoms with van der Waals surface area (Å²) in [6.07, 6.45) is 1.66. The lowest BCUT2D eigenvalue weighted by Gasteiger charge is -2.14. The van der Waals surface area contributed by atoms with Gasteiger partial charge in [-0.3, -0.25) is 4.79 Å². The van der Waals surface area contributed by atoms with Crippen LogP contribution in [0.4, 0.5) is 0 Å². The van der Waals surface area contributed by atoms with Crippen molar-refractivity contribution in [1.29, 1.82) is 0 Å². The van der Waals surface area contributed by atoms with E-state index < -0.39 is 5.97 Å². The Morgan fingerprint density at radius 2 is 1.75 bits per heavy atom. The summed E-state index contributed by atoms with van der Waals surface area (Å²) in [7, 11) is 0. The monoisotopic (exact) mass is 327 g/mol. The molecule has 1 atom stereocenters. The van der Waals surface area contributed by atoms with Crippen LogP contribution in [0.3, 0.4) is 0 Å². The molecule has 1 amide bonds. The molecule has 0 fully saturated rings. The number of phenolic OH excluding ortho intramolecular Hbond substituents is 1. The number of hydrogen-bond acceptors (Lipinski definition) is 4. The third-order valence-electron chi connectivity index (χ3n) is 3.57. The Hall–Kier alpha value is -2.82. The third kappa shape index (κ3) is 5.43. The maximum absolute atomic E-state index is 11.8. The lowest BCUT2D eigenvalue weighted by Crippen LogP contribution is -2.36. The fourth-order valence-corrected chi connectivity index (χ4v) is 2.27. The number of nitrogens with one attached hydrogen (secondary N) is 1. The predicted molar refractivity (Wildman–Crippen MR) is 90.8 cm³/mol. The van der Waals surface area contributed by atoms with Crippen molar-refractivity contribution in [2.75, 3.05) is 6.61 Å². The first kappa shape index (κ1) is 17.5. The Labute approximate surface area is 141 Å². The van der Waals surface area contributed by atoms with Crippen molar-refractivity contribution in [2.45, 2.75) is 25.8 Å². The number of phenols is 1. The van der Waals surface area contributed by atoms with Crippen LogP contribution in [0, 0.1) is 0 Å². The second-order valence-electron chi connectivity index (χ2n) is 5.59. The average Bonchev–Trinajstić information content (AvgIpc) is 2.59. The molecule has 0 bridgehead atoms. The molecule has 2 rings (SSSR count). The molecule has 0 aromatic heterocycles. The van der Waals surface area contributed by atoms with E-state index in [1.54, 1.807) is 12.1 Å². The first-order chi connectivity index (χ1) is 11.6. The molecule has 5 nitrogen and oxygen atoms in total. The quantitative estimate of drug-likeness (QED) is 0.767. The number of aryl methyl sites for hydroxylation is 1. The van der Waals surface area contributed by atoms with Gasteiger partial charge in [0.25, 0.3) is 5.91 Å². The minimum Gasteiger partial charge on any atom is -0.507 e. The topological polar surface area (TPSA) is 75.6 Å². The van der Waals surface area contributed by atoms with Crippen molar-refractivity contribution in [3.63, 3.8) is 0 Å². The molecule has 24 heavy (non-hydrogen) atoms. The van der Waals surface area contributed by atoms with Gasteiger partial charge in [0.1, 0.15) is 11.3 Å². The number of rotatable bonds is 7. The molecule has 0 aliphatic carbocycles. The number of benzene rings is 2. The Bertz CT molecular complexity index is 685. The van der Waals surface area contributed by atoms with E-state index in [1.807, 2.05) is 37.3 Å². The fraction of sp³-hybridized carbons (Fsp3) is 0.263. The van der Waals surface area contributed by atoms with Gasteiger partial charge < -0.3 is 15.2 Å². The molecule has 0 spiro atoms. The fourth-order valence-electron chi connectivity index (χ4n) is 2.27. The number of carbonyl (C=O) groups excluding carboxylic acids is 2. The minimum absolute atomic E-state index is 0.0264. The minimum atomic E-state index is -0.722. The lowest BCUT2D eigenvalue weighted by atomic mass is 10.1. The number of ether oxygens (including phenoxy) is 1. The van der Waals surface area contributed by atoms with Gasteiger partial charge in [-0.25, -0.2) is 4.79 Å². The van der Waals surface area contributed by atoms with Crippen LogP contribution >= 0.6 is 0 Å². The molecule has 126 valence electrons. The Morgan fingerprint density at radius 1 is 1.08 bits per heavy atom. The standard InChI is InChI=1S/C19H21NO4/c1-14(11-12-15-7-3-2-4-8-15)20-18(22)13-24-19(23)16-9-5-6-10-17(16)21/h2-10,14,21H,11-13H2,1H3,(H,20,22)/t14-/m0/s1. The summed E-state index contributed by atoms with van der Waals surface area (Å²) in [4.78, 5) is 23.6. The van der Waals surface area contributed by atoms with E-state index in [0.29, 0.717) is 0 Å². The Balaban J connectivity index is 1.72. The number of carbonyl (C=O) groups is 2. The van der Waals surface area contributed by atoms with Gasteiger partial charge in [0.15, 0.2) is 6.61 Å². The van der Waals surface area contributed by atoms with E-state index in [2.05, 4.69) is 5.32 Å². The highest BCUT2D eigenvalue weighted by molar-refractivity contribution is 5.93. The molecule has 0 aliphatic rings. The molecular formula is C19H21NO4. The molecule has 2 aromatic carbocycles. The average molecular weight is 327 g/mol. The number of hydrogen-bond donors (Lipinski definition) is 2. The lowest BCUT2D eigenvalue weighted by molar-refractivity contribution is -0.124. The Morgan fingerprint density at radius 3 is 2.46 bits per heavy atom. The highest BCUT2D eigenvalue weighted by atomic mass is 16.5. The van der Waals surface area contributed by atoms with E-state index in [-0.39, 0.29) is 29.9 Å². The van der Waals surface area contributed by atoms with E-state index in [9.17, 15) is 14.7 Å². The van der Waals surface area contributed by atoms with Crippen LogP contribution in [0.5, 0.6) is 5.75 Å². The highest BCUT2D eigenvalue weighted by Crippen LogP contribution is 2.16. The molecule has 0 unspecified atom stereocenters. The van der Waals surface area contributed by atoms with Gasteiger partial charge in [0.05, 0.1) is 0 Å². The molecule has 0 aliphatic heterocycles. The molecule has 2 N–H and O–H groups in total. The van der Waals surface area contributed by atoms with Crippen molar-refractivity contribution >= 4 is 11.9 Å². The van der Waals surface area contributed by atoms with Crippen LogP contribution in [-0.2, 0) is 16.0 Å². The van der Waals surface area contributed by atoms with Crippen LogP contribution in [0.25, 0.3) is 0 Å². The van der Waals surface area contributed by atoms with Gasteiger partial charge in [0, 0.05) is 6.04 Å². The molecule has 0 radical (unpaired) electrons. The second-order valence-corrected chi connectivity index (χ2v) is 5.59. The number of aromatic hydroxyl groups is 1. The maximum Gasteiger partial charge on any atom is 0.342 e. The first-order valence-electron chi connectivity index (χ1n) is 7.84. The van der Waals surface area contributed by atoms with Crippen molar-refractivity contribution in [1.82, 2.24) is 5.32 Å². The summed E-state index contributed by atoms with van der Waals surface area (Å²) < 4.78 is 4.92. The first-order valence-corrected chi connectivity index (χ1v) is 7.84. The summed E-state index contributed by atoms with van der Waals surface area (Å²) in [6.45, 7) is 1.54. The van der Waals surface area contributed by atoms with Gasteiger partial charge >= 0.3 is 5.97 Å². The molecule has 0 heterocycles. The summed E-state index contributed by atoms with van der Waals surface area (Å²) >= 11 is 0. The zero-order valence-electron chi connectivity index (χ0n) is 13.6. The molecule has 2 aromatic rings. The summed E-state index contributed by atoms with van der Waals surface area (Å²) in [6, 6.07) is 16.0. The maximum atomic E-state index is 11.8. The van der Waals surface area contributed by atoms with Gasteiger partial charge in [-0.05, 0) is 37.5 Å². The van der Waals surface area contributed by atoms with Crippen molar-refractivity contribution in [3.8, 4) is 5.75 Å². The van der Waals surface area contributed by atoms with E-state index in [4.69, 9.17) is 4.74 Å². The molecule has 5 heteroatoms. The van der Waals surface area contributed by atoms with E-state index in [0.717, 1.165) is 12.8 Å². The number of amides is 1. The van der Waals surface area contributed by atoms with Crippen LogP contribution < -0.4 is 5.32 Å². The Kier molecular flexibility index (Phi) is 6.37. The van der Waals surface area contributed by atoms with E-state index in [1.165, 1.54) is 17.7 Å². The van der Waals surface area contributed by atoms with Gasteiger partial charge in [-0.2, -0.15) is 0 Å². The highest BCUT2D eigenvalue weighted by Gasteiger charge is 2.14. The van der Waals surface area contributed by atoms with Gasteiger partial charge in [-0.1, -0.05) is 42.5 Å². The van der Waals surface area contributed by atoms with Crippen molar-refractivity contribution < 1.29 is 19.4 Å². The molecular weight excluding hydrogens is 306 g/mol. The predicted octanol–water partition coefficient (Wildman–Crippen LogP) is 2.69. The smallest absolute Gasteiger partial charge is 0.342 e. The largest absolute Gasteiger partial charge is 0.507 e. The zero-order valence-corrected chi connectivity index (χ0v) is 13.6. The molecule has 0 saturated carbocycles. The summed E-state index contributed by atoms with van der Waals surface area (Å²) in [5.41, 5.74) is 1.26. The number of esters is 1. The molecule has 0 saturated heterocycles. The second kappa shape index (κ2) is 8.72. The number of para-hydroxylation sites is 1. The third-order valence-corrected chi connectivity index (χ3v) is 3.57. The summed E-state index contributed by atoms with van der Waals surface area (Å²) in [5, 5.41) is 12.4. The van der Waals surface area contributed by atoms with Crippen LogP contribution in [-0.4, -0.2) is 29.6 Å². The normalized spacial score (nSPS) is 11.5. The van der Waals surface area contributed by atoms with Gasteiger partial charge in [0.2, 0.25) is 0 Å². The van der Waals surface area contributed by atoms with Crippen molar-refractivity contribution in [3.05, 3.63) is 65.7 Å². The SMILES string of the molecule is C[C@@H](CCc1ccccc1)NC(=O)COC(=O)c1ccccc1O. The van der Waals surface area contributed by atoms with Crippen LogP contribution in [0.15, 0.2) is 54.6 Å². The summed E-state index contributed by atoms with van der Waals surface area (Å²) in [5.74, 6) is -1.25.